The molecule has 0 N–H and O–H groups in total. The van der Waals surface area contributed by atoms with Crippen molar-refractivity contribution >= 4 is 0 Å². The summed E-state index contributed by atoms with van der Waals surface area (Å²) < 4.78 is 4.03. The van der Waals surface area contributed by atoms with Gasteiger partial charge in [0.1, 0.15) is 11.5 Å². The van der Waals surface area contributed by atoms with E-state index in [-0.39, 0.29) is 0 Å². The van der Waals surface area contributed by atoms with E-state index >= 15 is 0 Å². The maximum atomic E-state index is 4.66. The molecule has 3 rings (SSSR count). The largest absolute Gasteiger partial charge is 0.326 e. The van der Waals surface area contributed by atoms with Gasteiger partial charge in [0.15, 0.2) is 0 Å². The first-order chi connectivity index (χ1) is 8.24. The van der Waals surface area contributed by atoms with Crippen molar-refractivity contribution in [2.24, 2.45) is 7.05 Å². The van der Waals surface area contributed by atoms with Gasteiger partial charge in [0.2, 0.25) is 0 Å². The van der Waals surface area contributed by atoms with E-state index in [9.17, 15) is 0 Å². The Kier molecular flexibility index (Phi) is 2.46. The van der Waals surface area contributed by atoms with Crippen LogP contribution in [0.4, 0.5) is 0 Å². The number of hydrogen-bond donors (Lipinski definition) is 0. The van der Waals surface area contributed by atoms with Crippen LogP contribution in [0.3, 0.4) is 0 Å². The molecule has 2 aromatic heterocycles. The molecule has 2 heterocycles. The Bertz CT molecular complexity index is 537. The van der Waals surface area contributed by atoms with Crippen molar-refractivity contribution in [2.45, 2.75) is 39.2 Å². The summed E-state index contributed by atoms with van der Waals surface area (Å²) in [5.41, 5.74) is 3.69. The van der Waals surface area contributed by atoms with E-state index in [2.05, 4.69) is 26.8 Å². The van der Waals surface area contributed by atoms with E-state index in [1.807, 2.05) is 13.2 Å². The number of hydrogen-bond acceptors (Lipinski definition) is 3. The Morgan fingerprint density at radius 2 is 2.12 bits per heavy atom. The van der Waals surface area contributed by atoms with Gasteiger partial charge in [0.05, 0.1) is 12.2 Å². The van der Waals surface area contributed by atoms with Crippen molar-refractivity contribution in [1.82, 2.24) is 24.5 Å². The van der Waals surface area contributed by atoms with Crippen LogP contribution < -0.4 is 0 Å². The molecule has 5 heteroatoms. The summed E-state index contributed by atoms with van der Waals surface area (Å²) in [6.07, 6.45) is 6.79. The van der Waals surface area contributed by atoms with Gasteiger partial charge < -0.3 is 4.57 Å². The monoisotopic (exact) mass is 231 g/mol. The second-order valence-electron chi connectivity index (χ2n) is 4.73. The summed E-state index contributed by atoms with van der Waals surface area (Å²) in [6, 6.07) is 0. The lowest BCUT2D eigenvalue weighted by molar-refractivity contribution is 0.619. The van der Waals surface area contributed by atoms with E-state index in [0.29, 0.717) is 0 Å². The van der Waals surface area contributed by atoms with E-state index in [1.165, 1.54) is 24.2 Å². The Morgan fingerprint density at radius 1 is 1.29 bits per heavy atom. The number of fused-ring (bicyclic) bond motifs is 1. The zero-order chi connectivity index (χ0) is 11.8. The number of aromatic nitrogens is 5. The standard InChI is InChI=1S/C12H17N5/c1-9-13-11-5-3-4-6-12(11)17(9)8-10-7-16(2)15-14-10/h7H,3-6,8H2,1-2H3. The summed E-state index contributed by atoms with van der Waals surface area (Å²) in [6.45, 7) is 2.87. The number of imidazole rings is 1. The van der Waals surface area contributed by atoms with Crippen LogP contribution in [0.15, 0.2) is 6.20 Å². The van der Waals surface area contributed by atoms with Gasteiger partial charge >= 0.3 is 0 Å². The molecule has 0 unspecified atom stereocenters. The van der Waals surface area contributed by atoms with Gasteiger partial charge in [0, 0.05) is 18.9 Å². The van der Waals surface area contributed by atoms with E-state index < -0.39 is 0 Å². The van der Waals surface area contributed by atoms with Crippen molar-refractivity contribution in [3.63, 3.8) is 0 Å². The average molecular weight is 231 g/mol. The molecule has 0 aliphatic heterocycles. The summed E-state index contributed by atoms with van der Waals surface area (Å²) in [7, 11) is 1.90. The second kappa shape index (κ2) is 3.98. The minimum atomic E-state index is 0.794. The lowest BCUT2D eigenvalue weighted by atomic mass is 10.0. The zero-order valence-electron chi connectivity index (χ0n) is 10.3. The summed E-state index contributed by atoms with van der Waals surface area (Å²) in [5.74, 6) is 1.10. The molecule has 5 nitrogen and oxygen atoms in total. The molecule has 0 bridgehead atoms. The molecular formula is C12H17N5. The van der Waals surface area contributed by atoms with Gasteiger partial charge in [-0.15, -0.1) is 5.10 Å². The zero-order valence-corrected chi connectivity index (χ0v) is 10.3. The predicted molar refractivity (Wildman–Crippen MR) is 63.7 cm³/mol. The molecule has 1 aliphatic carbocycles. The maximum absolute atomic E-state index is 4.66. The minimum Gasteiger partial charge on any atom is -0.326 e. The van der Waals surface area contributed by atoms with Crippen LogP contribution in [0, 0.1) is 6.92 Å². The summed E-state index contributed by atoms with van der Waals surface area (Å²) >= 11 is 0. The normalized spacial score (nSPS) is 14.9. The average Bonchev–Trinajstić information content (AvgIpc) is 2.85. The molecule has 0 saturated heterocycles. The Labute approximate surface area is 100 Å². The highest BCUT2D eigenvalue weighted by Crippen LogP contribution is 2.22. The first kappa shape index (κ1) is 10.5. The molecular weight excluding hydrogens is 214 g/mol. The summed E-state index contributed by atoms with van der Waals surface area (Å²) in [4.78, 5) is 4.66. The molecule has 0 saturated carbocycles. The highest BCUT2D eigenvalue weighted by atomic mass is 15.4. The van der Waals surface area contributed by atoms with Gasteiger partial charge in [-0.25, -0.2) is 4.98 Å². The molecule has 0 spiro atoms. The van der Waals surface area contributed by atoms with E-state index in [0.717, 1.165) is 30.9 Å². The number of rotatable bonds is 2. The highest BCUT2D eigenvalue weighted by Gasteiger charge is 2.18. The van der Waals surface area contributed by atoms with Gasteiger partial charge in [-0.2, -0.15) is 0 Å². The SMILES string of the molecule is Cc1nc2c(n1Cc1cn(C)nn1)CCCC2. The third kappa shape index (κ3) is 1.85. The van der Waals surface area contributed by atoms with Gasteiger partial charge in [-0.3, -0.25) is 4.68 Å². The number of nitrogens with zero attached hydrogens (tertiary/aromatic N) is 5. The maximum Gasteiger partial charge on any atom is 0.106 e. The molecule has 0 radical (unpaired) electrons. The minimum absolute atomic E-state index is 0.794. The first-order valence-electron chi connectivity index (χ1n) is 6.14. The van der Waals surface area contributed by atoms with Crippen LogP contribution in [0.25, 0.3) is 0 Å². The Hall–Kier alpha value is -1.65. The first-order valence-corrected chi connectivity index (χ1v) is 6.14. The van der Waals surface area contributed by atoms with Crippen LogP contribution in [0.2, 0.25) is 0 Å². The number of aryl methyl sites for hydroxylation is 3. The molecule has 0 fully saturated rings. The second-order valence-corrected chi connectivity index (χ2v) is 4.73. The summed E-state index contributed by atoms with van der Waals surface area (Å²) in [5, 5.41) is 8.12. The molecule has 0 amide bonds. The van der Waals surface area contributed by atoms with Crippen molar-refractivity contribution in [3.8, 4) is 0 Å². The molecule has 1 aliphatic rings. The van der Waals surface area contributed by atoms with Crippen LogP contribution in [-0.4, -0.2) is 24.5 Å². The Morgan fingerprint density at radius 3 is 2.88 bits per heavy atom. The third-order valence-corrected chi connectivity index (χ3v) is 3.39. The molecule has 90 valence electrons. The fraction of sp³-hybridized carbons (Fsp3) is 0.583. The van der Waals surface area contributed by atoms with E-state index in [4.69, 9.17) is 0 Å². The van der Waals surface area contributed by atoms with Gasteiger partial charge in [0.25, 0.3) is 0 Å². The van der Waals surface area contributed by atoms with Crippen LogP contribution in [0.5, 0.6) is 0 Å². The van der Waals surface area contributed by atoms with Crippen molar-refractivity contribution in [3.05, 3.63) is 29.1 Å². The highest BCUT2D eigenvalue weighted by molar-refractivity contribution is 5.21. The van der Waals surface area contributed by atoms with Crippen molar-refractivity contribution in [1.29, 1.82) is 0 Å². The third-order valence-electron chi connectivity index (χ3n) is 3.39. The Balaban J connectivity index is 1.94. The van der Waals surface area contributed by atoms with Crippen molar-refractivity contribution in [2.75, 3.05) is 0 Å². The molecule has 0 aromatic carbocycles. The van der Waals surface area contributed by atoms with Gasteiger partial charge in [-0.1, -0.05) is 5.21 Å². The van der Waals surface area contributed by atoms with Crippen LogP contribution in [-0.2, 0) is 26.4 Å². The van der Waals surface area contributed by atoms with Gasteiger partial charge in [-0.05, 0) is 32.6 Å². The smallest absolute Gasteiger partial charge is 0.106 e. The van der Waals surface area contributed by atoms with Crippen LogP contribution >= 0.6 is 0 Å². The quantitative estimate of drug-likeness (QED) is 0.781. The van der Waals surface area contributed by atoms with Crippen molar-refractivity contribution < 1.29 is 0 Å². The van der Waals surface area contributed by atoms with Crippen LogP contribution in [0.1, 0.15) is 35.7 Å². The van der Waals surface area contributed by atoms with E-state index in [1.54, 1.807) is 4.68 Å². The fourth-order valence-corrected chi connectivity index (χ4v) is 2.58. The molecule has 2 aromatic rings. The molecule has 17 heavy (non-hydrogen) atoms. The molecule has 0 atom stereocenters. The fourth-order valence-electron chi connectivity index (χ4n) is 2.58. The predicted octanol–water partition coefficient (Wildman–Crippen LogP) is 1.25. The lowest BCUT2D eigenvalue weighted by Crippen LogP contribution is -2.10. The lowest BCUT2D eigenvalue weighted by Gasteiger charge is -2.13. The topological polar surface area (TPSA) is 48.5 Å².